The average Bonchev–Trinajstić information content (AvgIpc) is 2.73. The van der Waals surface area contributed by atoms with Crippen molar-refractivity contribution >= 4 is 0 Å². The number of furan rings is 1. The molecule has 3 rings (SSSR count). The zero-order valence-electron chi connectivity index (χ0n) is 8.86. The Kier molecular flexibility index (Phi) is 2.18. The maximum Gasteiger partial charge on any atom is 0.138 e. The minimum atomic E-state index is 0.265. The quantitative estimate of drug-likeness (QED) is 0.767. The first-order chi connectivity index (χ1) is 7.84. The van der Waals surface area contributed by atoms with Gasteiger partial charge in [0.15, 0.2) is 0 Å². The van der Waals surface area contributed by atoms with E-state index in [1.807, 2.05) is 24.3 Å². The van der Waals surface area contributed by atoms with Crippen LogP contribution in [0.4, 0.5) is 0 Å². The van der Waals surface area contributed by atoms with Crippen molar-refractivity contribution in [3.63, 3.8) is 0 Å². The molecular weight excluding hydrogens is 202 g/mol. The normalized spacial score (nSPS) is 14.8. The summed E-state index contributed by atoms with van der Waals surface area (Å²) in [5.74, 6) is 2.06. The van der Waals surface area contributed by atoms with Crippen LogP contribution in [0.3, 0.4) is 0 Å². The Balaban J connectivity index is 2.07. The standard InChI is InChI=1S/C13H13NO2/c15-11-4-2-1-3-10(11)13-7-9-8-14-6-5-12(9)16-13/h1-4,7,14-15H,5-6,8H2. The summed E-state index contributed by atoms with van der Waals surface area (Å²) in [6.45, 7) is 1.81. The SMILES string of the molecule is Oc1ccccc1-c1cc2c(o1)CCNC2. The monoisotopic (exact) mass is 215 g/mol. The first-order valence-corrected chi connectivity index (χ1v) is 5.45. The van der Waals surface area contributed by atoms with Crippen molar-refractivity contribution in [2.24, 2.45) is 0 Å². The molecule has 3 nitrogen and oxygen atoms in total. The van der Waals surface area contributed by atoms with Crippen molar-refractivity contribution in [3.05, 3.63) is 41.7 Å². The molecule has 2 heterocycles. The minimum absolute atomic E-state index is 0.265. The fourth-order valence-corrected chi connectivity index (χ4v) is 2.07. The van der Waals surface area contributed by atoms with Crippen molar-refractivity contribution in [1.82, 2.24) is 5.32 Å². The van der Waals surface area contributed by atoms with Crippen molar-refractivity contribution in [2.45, 2.75) is 13.0 Å². The molecule has 1 aliphatic rings. The molecule has 82 valence electrons. The van der Waals surface area contributed by atoms with Gasteiger partial charge in [0.1, 0.15) is 17.3 Å². The molecule has 2 N–H and O–H groups in total. The van der Waals surface area contributed by atoms with E-state index in [-0.39, 0.29) is 5.75 Å². The Labute approximate surface area is 93.7 Å². The molecular formula is C13H13NO2. The van der Waals surface area contributed by atoms with E-state index in [1.54, 1.807) is 6.07 Å². The number of fused-ring (bicyclic) bond motifs is 1. The zero-order valence-corrected chi connectivity index (χ0v) is 8.86. The van der Waals surface area contributed by atoms with Crippen molar-refractivity contribution in [3.8, 4) is 17.1 Å². The van der Waals surface area contributed by atoms with Gasteiger partial charge in [0.25, 0.3) is 0 Å². The second-order valence-corrected chi connectivity index (χ2v) is 4.00. The van der Waals surface area contributed by atoms with Gasteiger partial charge in [-0.1, -0.05) is 12.1 Å². The van der Waals surface area contributed by atoms with Crippen LogP contribution >= 0.6 is 0 Å². The van der Waals surface area contributed by atoms with Gasteiger partial charge in [0.2, 0.25) is 0 Å². The lowest BCUT2D eigenvalue weighted by Gasteiger charge is -2.09. The lowest BCUT2D eigenvalue weighted by molar-refractivity contribution is 0.464. The highest BCUT2D eigenvalue weighted by Gasteiger charge is 2.16. The number of hydrogen-bond acceptors (Lipinski definition) is 3. The van der Waals surface area contributed by atoms with E-state index in [2.05, 4.69) is 5.32 Å². The summed E-state index contributed by atoms with van der Waals surface area (Å²) in [5, 5.41) is 13.0. The molecule has 0 atom stereocenters. The predicted molar refractivity (Wildman–Crippen MR) is 61.2 cm³/mol. The molecule has 3 heteroatoms. The maximum atomic E-state index is 9.75. The van der Waals surface area contributed by atoms with E-state index < -0.39 is 0 Å². The summed E-state index contributed by atoms with van der Waals surface area (Å²) in [7, 11) is 0. The van der Waals surface area contributed by atoms with Crippen LogP contribution in [-0.4, -0.2) is 11.7 Å². The van der Waals surface area contributed by atoms with E-state index >= 15 is 0 Å². The molecule has 2 aromatic rings. The van der Waals surface area contributed by atoms with Gasteiger partial charge in [-0.15, -0.1) is 0 Å². The highest BCUT2D eigenvalue weighted by molar-refractivity contribution is 5.66. The van der Waals surface area contributed by atoms with E-state index in [1.165, 1.54) is 5.56 Å². The lowest BCUT2D eigenvalue weighted by Crippen LogP contribution is -2.22. The van der Waals surface area contributed by atoms with Crippen molar-refractivity contribution in [1.29, 1.82) is 0 Å². The van der Waals surface area contributed by atoms with Crippen LogP contribution in [0.5, 0.6) is 5.75 Å². The second kappa shape index (κ2) is 3.68. The Morgan fingerprint density at radius 2 is 2.12 bits per heavy atom. The van der Waals surface area contributed by atoms with Crippen LogP contribution in [0.1, 0.15) is 11.3 Å². The summed E-state index contributed by atoms with van der Waals surface area (Å²) < 4.78 is 5.77. The third-order valence-electron chi connectivity index (χ3n) is 2.91. The second-order valence-electron chi connectivity index (χ2n) is 4.00. The molecule has 0 saturated carbocycles. The van der Waals surface area contributed by atoms with Gasteiger partial charge >= 0.3 is 0 Å². The van der Waals surface area contributed by atoms with Crippen molar-refractivity contribution < 1.29 is 9.52 Å². The van der Waals surface area contributed by atoms with Crippen LogP contribution in [0.25, 0.3) is 11.3 Å². The topological polar surface area (TPSA) is 45.4 Å². The van der Waals surface area contributed by atoms with Crippen LogP contribution in [0.15, 0.2) is 34.7 Å². The third-order valence-corrected chi connectivity index (χ3v) is 2.91. The Morgan fingerprint density at radius 3 is 2.94 bits per heavy atom. The summed E-state index contributed by atoms with van der Waals surface area (Å²) in [6.07, 6.45) is 0.920. The smallest absolute Gasteiger partial charge is 0.138 e. The fourth-order valence-electron chi connectivity index (χ4n) is 2.07. The van der Waals surface area contributed by atoms with Crippen LogP contribution in [0.2, 0.25) is 0 Å². The number of nitrogens with one attached hydrogen (secondary N) is 1. The molecule has 1 aromatic carbocycles. The Hall–Kier alpha value is -1.74. The highest BCUT2D eigenvalue weighted by Crippen LogP contribution is 2.32. The molecule has 0 radical (unpaired) electrons. The fraction of sp³-hybridized carbons (Fsp3) is 0.231. The van der Waals surface area contributed by atoms with E-state index in [9.17, 15) is 5.11 Å². The van der Waals surface area contributed by atoms with Gasteiger partial charge < -0.3 is 14.8 Å². The maximum absolute atomic E-state index is 9.75. The first-order valence-electron chi connectivity index (χ1n) is 5.45. The molecule has 0 spiro atoms. The third kappa shape index (κ3) is 1.49. The first kappa shape index (κ1) is 9.48. The lowest BCUT2D eigenvalue weighted by atomic mass is 10.1. The molecule has 1 aromatic heterocycles. The summed E-state index contributed by atoms with van der Waals surface area (Å²) in [5.41, 5.74) is 1.96. The van der Waals surface area contributed by atoms with Crippen LogP contribution < -0.4 is 5.32 Å². The highest BCUT2D eigenvalue weighted by atomic mass is 16.3. The van der Waals surface area contributed by atoms with E-state index in [0.717, 1.165) is 36.6 Å². The number of para-hydroxylation sites is 1. The average molecular weight is 215 g/mol. The number of aromatic hydroxyl groups is 1. The van der Waals surface area contributed by atoms with E-state index in [4.69, 9.17) is 4.42 Å². The van der Waals surface area contributed by atoms with Gasteiger partial charge in [-0.05, 0) is 18.2 Å². The summed E-state index contributed by atoms with van der Waals surface area (Å²) >= 11 is 0. The Morgan fingerprint density at radius 1 is 1.25 bits per heavy atom. The molecule has 0 amide bonds. The molecule has 0 unspecified atom stereocenters. The van der Waals surface area contributed by atoms with Crippen LogP contribution in [-0.2, 0) is 13.0 Å². The van der Waals surface area contributed by atoms with Gasteiger partial charge in [0.05, 0.1) is 5.56 Å². The number of phenolic OH excluding ortho intramolecular Hbond substituents is 1. The molecule has 0 bridgehead atoms. The zero-order chi connectivity index (χ0) is 11.0. The van der Waals surface area contributed by atoms with Gasteiger partial charge in [-0.3, -0.25) is 0 Å². The van der Waals surface area contributed by atoms with Gasteiger partial charge in [-0.2, -0.15) is 0 Å². The predicted octanol–water partition coefficient (Wildman–Crippen LogP) is 2.30. The number of hydrogen-bond donors (Lipinski definition) is 2. The molecule has 0 aliphatic carbocycles. The molecule has 1 aliphatic heterocycles. The van der Waals surface area contributed by atoms with Gasteiger partial charge in [-0.25, -0.2) is 0 Å². The number of rotatable bonds is 1. The van der Waals surface area contributed by atoms with E-state index in [0.29, 0.717) is 0 Å². The van der Waals surface area contributed by atoms with Gasteiger partial charge in [0, 0.05) is 25.1 Å². The number of benzene rings is 1. The summed E-state index contributed by atoms with van der Waals surface area (Å²) in [6, 6.07) is 9.26. The summed E-state index contributed by atoms with van der Waals surface area (Å²) in [4.78, 5) is 0. The van der Waals surface area contributed by atoms with Crippen LogP contribution in [0, 0.1) is 0 Å². The Bertz CT molecular complexity index is 493. The minimum Gasteiger partial charge on any atom is -0.507 e. The molecule has 0 fully saturated rings. The molecule has 16 heavy (non-hydrogen) atoms. The number of phenols is 1. The van der Waals surface area contributed by atoms with Crippen molar-refractivity contribution in [2.75, 3.05) is 6.54 Å². The largest absolute Gasteiger partial charge is 0.507 e. The molecule has 0 saturated heterocycles.